The minimum absolute atomic E-state index is 0.262. The number of hydrogen-bond acceptors (Lipinski definition) is 3. The molecule has 2 rings (SSSR count). The van der Waals surface area contributed by atoms with E-state index in [1.165, 1.54) is 12.3 Å². The monoisotopic (exact) mass is 326 g/mol. The Morgan fingerprint density at radius 3 is 2.71 bits per heavy atom. The van der Waals surface area contributed by atoms with E-state index in [2.05, 4.69) is 23.0 Å². The number of nitrogens with zero attached hydrogens (tertiary/aromatic N) is 1. The van der Waals surface area contributed by atoms with E-state index in [1.807, 2.05) is 12.3 Å². The minimum atomic E-state index is -3.23. The van der Waals surface area contributed by atoms with E-state index in [1.54, 1.807) is 12.1 Å². The van der Waals surface area contributed by atoms with Gasteiger partial charge in [0.2, 0.25) is 0 Å². The van der Waals surface area contributed by atoms with E-state index in [-0.39, 0.29) is 4.90 Å². The van der Waals surface area contributed by atoms with Gasteiger partial charge in [-0.1, -0.05) is 18.5 Å². The Morgan fingerprint density at radius 2 is 2.05 bits per heavy atom. The van der Waals surface area contributed by atoms with E-state index in [0.29, 0.717) is 17.3 Å². The van der Waals surface area contributed by atoms with Crippen molar-refractivity contribution >= 4 is 27.1 Å². The molecule has 0 atom stereocenters. The summed E-state index contributed by atoms with van der Waals surface area (Å²) in [6.45, 7) is 3.72. The van der Waals surface area contributed by atoms with Crippen LogP contribution in [0.4, 0.5) is 5.69 Å². The average Bonchev–Trinajstić information content (AvgIpc) is 2.84. The van der Waals surface area contributed by atoms with Crippen LogP contribution in [0.2, 0.25) is 5.02 Å². The molecular formula is C15H19ClN2O2S. The van der Waals surface area contributed by atoms with Crippen LogP contribution >= 0.6 is 11.6 Å². The molecule has 1 N–H and O–H groups in total. The van der Waals surface area contributed by atoms with Gasteiger partial charge in [0.15, 0.2) is 9.84 Å². The Balaban J connectivity index is 2.12. The predicted molar refractivity (Wildman–Crippen MR) is 86.6 cm³/mol. The lowest BCUT2D eigenvalue weighted by Gasteiger charge is -2.09. The summed E-state index contributed by atoms with van der Waals surface area (Å²) in [5, 5.41) is 3.70. The van der Waals surface area contributed by atoms with E-state index in [0.717, 1.165) is 18.5 Å². The van der Waals surface area contributed by atoms with Gasteiger partial charge in [0.25, 0.3) is 0 Å². The Kier molecular flexibility index (Phi) is 4.96. The highest BCUT2D eigenvalue weighted by Crippen LogP contribution is 2.25. The topological polar surface area (TPSA) is 51.1 Å². The van der Waals surface area contributed by atoms with Crippen LogP contribution < -0.4 is 5.32 Å². The maximum atomic E-state index is 11.6. The number of benzene rings is 1. The number of anilines is 1. The average molecular weight is 327 g/mol. The largest absolute Gasteiger partial charge is 0.380 e. The van der Waals surface area contributed by atoms with Gasteiger partial charge in [-0.25, -0.2) is 8.42 Å². The zero-order valence-electron chi connectivity index (χ0n) is 12.1. The van der Waals surface area contributed by atoms with Crippen molar-refractivity contribution in [3.63, 3.8) is 0 Å². The van der Waals surface area contributed by atoms with Crippen LogP contribution in [0.25, 0.3) is 0 Å². The second-order valence-corrected chi connectivity index (χ2v) is 7.45. The normalized spacial score (nSPS) is 11.6. The lowest BCUT2D eigenvalue weighted by Crippen LogP contribution is -2.02. The first-order valence-electron chi connectivity index (χ1n) is 6.78. The molecule has 0 amide bonds. The summed E-state index contributed by atoms with van der Waals surface area (Å²) < 4.78 is 25.3. The van der Waals surface area contributed by atoms with Crippen molar-refractivity contribution in [2.24, 2.45) is 0 Å². The first-order valence-corrected chi connectivity index (χ1v) is 9.05. The molecule has 0 radical (unpaired) electrons. The van der Waals surface area contributed by atoms with Crippen LogP contribution in [0.3, 0.4) is 0 Å². The highest BCUT2D eigenvalue weighted by atomic mass is 35.5. The first kappa shape index (κ1) is 15.9. The van der Waals surface area contributed by atoms with Crippen LogP contribution in [-0.4, -0.2) is 19.2 Å². The second kappa shape index (κ2) is 6.54. The highest BCUT2D eigenvalue weighted by molar-refractivity contribution is 7.90. The highest BCUT2D eigenvalue weighted by Gasteiger charge is 2.10. The number of rotatable bonds is 6. The molecule has 0 aliphatic heterocycles. The molecule has 1 aromatic carbocycles. The van der Waals surface area contributed by atoms with E-state index in [9.17, 15) is 8.42 Å². The molecule has 2 aromatic rings. The van der Waals surface area contributed by atoms with Crippen molar-refractivity contribution in [1.29, 1.82) is 0 Å². The lowest BCUT2D eigenvalue weighted by molar-refractivity contribution is 0.602. The van der Waals surface area contributed by atoms with Crippen molar-refractivity contribution < 1.29 is 8.42 Å². The standard InChI is InChI=1S/C15H19ClN2O2S/c1-3-7-18-8-6-12(11-18)10-17-15-9-13(21(2,19)20)4-5-14(15)16/h4-6,8-9,11,17H,3,7,10H2,1-2H3. The summed E-state index contributed by atoms with van der Waals surface area (Å²) in [6.07, 6.45) is 6.38. The molecule has 4 nitrogen and oxygen atoms in total. The summed E-state index contributed by atoms with van der Waals surface area (Å²) in [5.41, 5.74) is 1.76. The van der Waals surface area contributed by atoms with Gasteiger partial charge in [-0.2, -0.15) is 0 Å². The van der Waals surface area contributed by atoms with Crippen LogP contribution in [0.5, 0.6) is 0 Å². The first-order chi connectivity index (χ1) is 9.90. The van der Waals surface area contributed by atoms with E-state index < -0.39 is 9.84 Å². The fourth-order valence-corrected chi connectivity index (χ4v) is 2.89. The zero-order chi connectivity index (χ0) is 15.5. The Hall–Kier alpha value is -1.46. The molecule has 114 valence electrons. The van der Waals surface area contributed by atoms with Crippen molar-refractivity contribution in [3.8, 4) is 0 Å². The molecule has 0 bridgehead atoms. The van der Waals surface area contributed by atoms with Gasteiger partial charge in [-0.05, 0) is 36.2 Å². The number of halogens is 1. The maximum Gasteiger partial charge on any atom is 0.175 e. The van der Waals surface area contributed by atoms with Crippen LogP contribution in [0.1, 0.15) is 18.9 Å². The molecule has 21 heavy (non-hydrogen) atoms. The van der Waals surface area contributed by atoms with Crippen molar-refractivity contribution in [1.82, 2.24) is 4.57 Å². The third-order valence-corrected chi connectivity index (χ3v) is 4.58. The van der Waals surface area contributed by atoms with Gasteiger partial charge in [0, 0.05) is 31.7 Å². The fourth-order valence-electron chi connectivity index (χ4n) is 2.06. The Morgan fingerprint density at radius 1 is 1.29 bits per heavy atom. The summed E-state index contributed by atoms with van der Waals surface area (Å²) in [7, 11) is -3.23. The van der Waals surface area contributed by atoms with Gasteiger partial charge < -0.3 is 9.88 Å². The van der Waals surface area contributed by atoms with Crippen LogP contribution in [0, 0.1) is 0 Å². The number of nitrogens with one attached hydrogen (secondary N) is 1. The molecule has 0 fully saturated rings. The molecule has 0 unspecified atom stereocenters. The molecule has 0 spiro atoms. The summed E-state index contributed by atoms with van der Waals surface area (Å²) in [5.74, 6) is 0. The second-order valence-electron chi connectivity index (χ2n) is 5.02. The molecule has 1 aromatic heterocycles. The van der Waals surface area contributed by atoms with Crippen molar-refractivity contribution in [3.05, 3.63) is 47.2 Å². The molecule has 6 heteroatoms. The van der Waals surface area contributed by atoms with Crippen LogP contribution in [0.15, 0.2) is 41.6 Å². The molecule has 0 aliphatic carbocycles. The van der Waals surface area contributed by atoms with E-state index >= 15 is 0 Å². The smallest absolute Gasteiger partial charge is 0.175 e. The third kappa shape index (κ3) is 4.25. The zero-order valence-corrected chi connectivity index (χ0v) is 13.7. The molecule has 0 aliphatic rings. The number of aromatic nitrogens is 1. The molecule has 1 heterocycles. The molecule has 0 saturated heterocycles. The number of aryl methyl sites for hydroxylation is 1. The van der Waals surface area contributed by atoms with E-state index in [4.69, 9.17) is 11.6 Å². The maximum absolute atomic E-state index is 11.6. The van der Waals surface area contributed by atoms with Crippen molar-refractivity contribution in [2.75, 3.05) is 11.6 Å². The summed E-state index contributed by atoms with van der Waals surface area (Å²) >= 11 is 6.10. The van der Waals surface area contributed by atoms with Gasteiger partial charge in [-0.15, -0.1) is 0 Å². The quantitative estimate of drug-likeness (QED) is 0.883. The molecule has 0 saturated carbocycles. The number of sulfone groups is 1. The molecular weight excluding hydrogens is 308 g/mol. The summed E-state index contributed by atoms with van der Waals surface area (Å²) in [6, 6.07) is 6.72. The summed E-state index contributed by atoms with van der Waals surface area (Å²) in [4.78, 5) is 0.262. The van der Waals surface area contributed by atoms with Crippen LogP contribution in [-0.2, 0) is 22.9 Å². The SMILES string of the molecule is CCCn1ccc(CNc2cc(S(C)(=O)=O)ccc2Cl)c1. The van der Waals surface area contributed by atoms with Crippen molar-refractivity contribution in [2.45, 2.75) is 31.3 Å². The van der Waals surface area contributed by atoms with Gasteiger partial charge in [0.05, 0.1) is 15.6 Å². The Bertz CT molecular complexity index is 723. The predicted octanol–water partition coefficient (Wildman–Crippen LogP) is 3.57. The number of hydrogen-bond donors (Lipinski definition) is 1. The third-order valence-electron chi connectivity index (χ3n) is 3.14. The van der Waals surface area contributed by atoms with Gasteiger partial charge >= 0.3 is 0 Å². The van der Waals surface area contributed by atoms with Gasteiger partial charge in [-0.3, -0.25) is 0 Å². The Labute approximate surface area is 130 Å². The lowest BCUT2D eigenvalue weighted by atomic mass is 10.3. The fraction of sp³-hybridized carbons (Fsp3) is 0.333. The minimum Gasteiger partial charge on any atom is -0.380 e. The van der Waals surface area contributed by atoms with Gasteiger partial charge in [0.1, 0.15) is 0 Å².